The quantitative estimate of drug-likeness (QED) is 0.153. The number of benzene rings is 1. The Kier molecular flexibility index (Phi) is 8.96. The Balaban J connectivity index is 2.14. The van der Waals surface area contributed by atoms with E-state index in [-0.39, 0.29) is 29.9 Å². The highest BCUT2D eigenvalue weighted by molar-refractivity contribution is 7.10. The number of carbonyl (C=O) groups excluding carboxylic acids is 3. The summed E-state index contributed by atoms with van der Waals surface area (Å²) in [7, 11) is 1.22. The standard InChI is InChI=1S/C25H26N2O8S/c1-4-34-25(30)23-18(10-11-19(35-14-28)20-9-6-12-36-20)26-15(2)21(24(29)33-3)22(23)16-7-5-8-17(13-16)27(31)32/h5-9,12-14,19,22,26H,4,10-11H2,1-3H3. The molecule has 11 heteroatoms. The molecule has 36 heavy (non-hydrogen) atoms. The van der Waals surface area contributed by atoms with Gasteiger partial charge >= 0.3 is 11.9 Å². The largest absolute Gasteiger partial charge is 0.466 e. The van der Waals surface area contributed by atoms with Crippen molar-refractivity contribution in [2.24, 2.45) is 0 Å². The number of ether oxygens (including phenoxy) is 3. The van der Waals surface area contributed by atoms with Gasteiger partial charge in [-0.25, -0.2) is 9.59 Å². The number of hydrogen-bond acceptors (Lipinski definition) is 10. The molecule has 0 bridgehead atoms. The van der Waals surface area contributed by atoms with Gasteiger partial charge in [0.05, 0.1) is 35.7 Å². The zero-order chi connectivity index (χ0) is 26.2. The van der Waals surface area contributed by atoms with Crippen LogP contribution < -0.4 is 5.32 Å². The zero-order valence-corrected chi connectivity index (χ0v) is 20.8. The lowest BCUT2D eigenvalue weighted by Gasteiger charge is -2.31. The number of methoxy groups -OCH3 is 1. The minimum absolute atomic E-state index is 0.0829. The minimum atomic E-state index is -0.972. The molecule has 0 amide bonds. The number of carbonyl (C=O) groups is 3. The van der Waals surface area contributed by atoms with E-state index in [1.807, 2.05) is 17.5 Å². The first-order valence-electron chi connectivity index (χ1n) is 11.1. The molecule has 2 atom stereocenters. The number of allylic oxidation sites excluding steroid dienone is 2. The number of thiophene rings is 1. The zero-order valence-electron chi connectivity index (χ0n) is 20.0. The predicted molar refractivity (Wildman–Crippen MR) is 131 cm³/mol. The number of esters is 2. The normalized spacial score (nSPS) is 16.1. The molecule has 1 aromatic carbocycles. The van der Waals surface area contributed by atoms with Gasteiger partial charge in [0.1, 0.15) is 6.10 Å². The fourth-order valence-corrected chi connectivity index (χ4v) is 4.97. The number of nitrogens with zero attached hydrogens (tertiary/aromatic N) is 1. The summed E-state index contributed by atoms with van der Waals surface area (Å²) in [5, 5.41) is 16.5. The van der Waals surface area contributed by atoms with Gasteiger partial charge in [0, 0.05) is 28.4 Å². The van der Waals surface area contributed by atoms with Gasteiger partial charge < -0.3 is 19.5 Å². The summed E-state index contributed by atoms with van der Waals surface area (Å²) in [6, 6.07) is 9.45. The van der Waals surface area contributed by atoms with E-state index in [1.165, 1.54) is 36.6 Å². The van der Waals surface area contributed by atoms with E-state index in [2.05, 4.69) is 5.32 Å². The number of non-ortho nitro benzene ring substituents is 1. The maximum absolute atomic E-state index is 13.3. The summed E-state index contributed by atoms with van der Waals surface area (Å²) >= 11 is 1.44. The molecule has 0 fully saturated rings. The van der Waals surface area contributed by atoms with Crippen molar-refractivity contribution in [3.8, 4) is 0 Å². The van der Waals surface area contributed by atoms with Gasteiger partial charge in [0.2, 0.25) is 0 Å². The molecular formula is C25H26N2O8S. The van der Waals surface area contributed by atoms with Crippen molar-refractivity contribution in [3.63, 3.8) is 0 Å². The lowest BCUT2D eigenvalue weighted by molar-refractivity contribution is -0.384. The Morgan fingerprint density at radius 2 is 2.00 bits per heavy atom. The van der Waals surface area contributed by atoms with Gasteiger partial charge in [-0.15, -0.1) is 11.3 Å². The van der Waals surface area contributed by atoms with Gasteiger partial charge in [0.25, 0.3) is 12.2 Å². The van der Waals surface area contributed by atoms with E-state index in [0.29, 0.717) is 29.9 Å². The molecule has 2 unspecified atom stereocenters. The fraction of sp³-hybridized carbons (Fsp3) is 0.320. The summed E-state index contributed by atoms with van der Waals surface area (Å²) in [4.78, 5) is 49.0. The van der Waals surface area contributed by atoms with Gasteiger partial charge in [-0.2, -0.15) is 0 Å². The molecule has 0 spiro atoms. The second-order valence-corrected chi connectivity index (χ2v) is 8.81. The molecule has 0 saturated carbocycles. The number of nitro groups is 1. The van der Waals surface area contributed by atoms with Crippen LogP contribution in [0.3, 0.4) is 0 Å². The Bertz CT molecular complexity index is 1200. The van der Waals surface area contributed by atoms with E-state index in [0.717, 1.165) is 4.88 Å². The average Bonchev–Trinajstić information content (AvgIpc) is 3.40. The fourth-order valence-electron chi connectivity index (χ4n) is 4.17. The predicted octanol–water partition coefficient (Wildman–Crippen LogP) is 4.30. The second kappa shape index (κ2) is 12.1. The first-order valence-corrected chi connectivity index (χ1v) is 12.0. The number of hydrogen-bond donors (Lipinski definition) is 1. The third-order valence-electron chi connectivity index (χ3n) is 5.70. The van der Waals surface area contributed by atoms with Crippen molar-refractivity contribution in [1.29, 1.82) is 0 Å². The van der Waals surface area contributed by atoms with Crippen molar-refractivity contribution in [3.05, 3.63) is 84.9 Å². The third kappa shape index (κ3) is 5.80. The van der Waals surface area contributed by atoms with Crippen LogP contribution in [-0.4, -0.2) is 37.1 Å². The van der Waals surface area contributed by atoms with Crippen LogP contribution in [-0.2, 0) is 28.6 Å². The van der Waals surface area contributed by atoms with Crippen LogP contribution in [0.15, 0.2) is 64.3 Å². The van der Waals surface area contributed by atoms with Crippen LogP contribution >= 0.6 is 11.3 Å². The molecule has 0 radical (unpaired) electrons. The van der Waals surface area contributed by atoms with Crippen molar-refractivity contribution < 1.29 is 33.5 Å². The highest BCUT2D eigenvalue weighted by atomic mass is 32.1. The number of dihydropyridines is 1. The van der Waals surface area contributed by atoms with Crippen LogP contribution in [0.2, 0.25) is 0 Å². The van der Waals surface area contributed by atoms with E-state index in [4.69, 9.17) is 14.2 Å². The first-order chi connectivity index (χ1) is 17.3. The smallest absolute Gasteiger partial charge is 0.336 e. The molecule has 0 aliphatic carbocycles. The van der Waals surface area contributed by atoms with Gasteiger partial charge in [0.15, 0.2) is 0 Å². The van der Waals surface area contributed by atoms with Crippen molar-refractivity contribution in [2.75, 3.05) is 13.7 Å². The van der Waals surface area contributed by atoms with E-state index in [9.17, 15) is 24.5 Å². The van der Waals surface area contributed by atoms with Crippen molar-refractivity contribution >= 4 is 35.4 Å². The van der Waals surface area contributed by atoms with E-state index < -0.39 is 28.9 Å². The second-order valence-electron chi connectivity index (χ2n) is 7.83. The monoisotopic (exact) mass is 514 g/mol. The lowest BCUT2D eigenvalue weighted by atomic mass is 9.79. The Morgan fingerprint density at radius 1 is 1.22 bits per heavy atom. The molecular weight excluding hydrogens is 488 g/mol. The summed E-state index contributed by atoms with van der Waals surface area (Å²) in [5.74, 6) is -2.33. The van der Waals surface area contributed by atoms with Gasteiger partial charge in [-0.1, -0.05) is 18.2 Å². The van der Waals surface area contributed by atoms with E-state index >= 15 is 0 Å². The summed E-state index contributed by atoms with van der Waals surface area (Å²) in [6.45, 7) is 3.78. The maximum atomic E-state index is 13.3. The molecule has 190 valence electrons. The molecule has 1 aromatic heterocycles. The highest BCUT2D eigenvalue weighted by Crippen LogP contribution is 2.41. The molecule has 3 rings (SSSR count). The minimum Gasteiger partial charge on any atom is -0.466 e. The van der Waals surface area contributed by atoms with E-state index in [1.54, 1.807) is 19.9 Å². The third-order valence-corrected chi connectivity index (χ3v) is 6.66. The summed E-state index contributed by atoms with van der Waals surface area (Å²) in [6.07, 6.45) is 0.0668. The van der Waals surface area contributed by atoms with Crippen molar-refractivity contribution in [1.82, 2.24) is 5.32 Å². The first kappa shape index (κ1) is 26.6. The van der Waals surface area contributed by atoms with Gasteiger partial charge in [-0.3, -0.25) is 14.9 Å². The molecule has 0 saturated heterocycles. The Morgan fingerprint density at radius 3 is 2.61 bits per heavy atom. The number of nitrogens with one attached hydrogen (secondary N) is 1. The van der Waals surface area contributed by atoms with Crippen LogP contribution in [0.4, 0.5) is 5.69 Å². The molecule has 2 aromatic rings. The molecule has 1 N–H and O–H groups in total. The molecule has 10 nitrogen and oxygen atoms in total. The van der Waals surface area contributed by atoms with Crippen molar-refractivity contribution in [2.45, 2.75) is 38.7 Å². The van der Waals surface area contributed by atoms with Crippen LogP contribution in [0.5, 0.6) is 0 Å². The number of nitro benzene ring substituents is 1. The topological polar surface area (TPSA) is 134 Å². The summed E-state index contributed by atoms with van der Waals surface area (Å²) < 4.78 is 15.6. The van der Waals surface area contributed by atoms with Crippen LogP contribution in [0, 0.1) is 10.1 Å². The average molecular weight is 515 g/mol. The maximum Gasteiger partial charge on any atom is 0.336 e. The number of rotatable bonds is 11. The summed E-state index contributed by atoms with van der Waals surface area (Å²) in [5.41, 5.74) is 1.36. The molecule has 2 heterocycles. The molecule has 1 aliphatic rings. The van der Waals surface area contributed by atoms with Crippen LogP contribution in [0.25, 0.3) is 0 Å². The molecule has 1 aliphatic heterocycles. The Hall–Kier alpha value is -3.99. The lowest BCUT2D eigenvalue weighted by Crippen LogP contribution is -2.33. The SMILES string of the molecule is CCOC(=O)C1=C(CCC(OC=O)c2cccs2)NC(C)=C(C(=O)OC)C1c1cccc([N+](=O)[O-])c1. The highest BCUT2D eigenvalue weighted by Gasteiger charge is 2.39. The van der Waals surface area contributed by atoms with Crippen LogP contribution in [0.1, 0.15) is 49.2 Å². The van der Waals surface area contributed by atoms with Gasteiger partial charge in [-0.05, 0) is 43.7 Å². The Labute approximate surface area is 211 Å².